The maximum absolute atomic E-state index is 2.55. The Balaban J connectivity index is 1.26. The van der Waals surface area contributed by atoms with Crippen LogP contribution in [-0.2, 0) is 16.2 Å². The van der Waals surface area contributed by atoms with E-state index in [1.165, 1.54) is 104 Å². The van der Waals surface area contributed by atoms with Gasteiger partial charge in [-0.15, -0.1) is 0 Å². The largest absolute Gasteiger partial charge is 0.310 e. The summed E-state index contributed by atoms with van der Waals surface area (Å²) in [5.41, 5.74) is 19.0. The first kappa shape index (κ1) is 30.2. The zero-order chi connectivity index (χ0) is 33.5. The van der Waals surface area contributed by atoms with E-state index in [1.54, 1.807) is 0 Å². The minimum atomic E-state index is -0.0800. The number of hydrogen-bond donors (Lipinski definition) is 0. The number of anilines is 3. The Hall–Kier alpha value is -4.88. The molecule has 0 atom stereocenters. The lowest BCUT2D eigenvalue weighted by Gasteiger charge is -2.32. The van der Waals surface area contributed by atoms with Crippen LogP contribution in [0.1, 0.15) is 88.1 Å². The van der Waals surface area contributed by atoms with Crippen LogP contribution in [0.3, 0.4) is 0 Å². The fourth-order valence-electron chi connectivity index (χ4n) is 9.42. The Morgan fingerprint density at radius 2 is 1.00 bits per heavy atom. The number of nitrogens with zero attached hydrogens (tertiary/aromatic N) is 1. The van der Waals surface area contributed by atoms with Crippen LogP contribution in [0.15, 0.2) is 133 Å². The van der Waals surface area contributed by atoms with E-state index < -0.39 is 0 Å². The van der Waals surface area contributed by atoms with Gasteiger partial charge in [0.1, 0.15) is 0 Å². The summed E-state index contributed by atoms with van der Waals surface area (Å²) in [6.07, 6.45) is 5.02. The van der Waals surface area contributed by atoms with E-state index in [0.29, 0.717) is 0 Å². The van der Waals surface area contributed by atoms with Crippen molar-refractivity contribution in [2.24, 2.45) is 0 Å². The summed E-state index contributed by atoms with van der Waals surface area (Å²) >= 11 is 0. The first-order chi connectivity index (χ1) is 23.7. The van der Waals surface area contributed by atoms with E-state index in [0.717, 1.165) is 0 Å². The molecule has 0 aliphatic heterocycles. The molecule has 0 amide bonds. The summed E-state index contributed by atoms with van der Waals surface area (Å²) in [6, 6.07) is 50.9. The summed E-state index contributed by atoms with van der Waals surface area (Å²) in [5, 5.41) is 0. The van der Waals surface area contributed by atoms with Gasteiger partial charge >= 0.3 is 0 Å². The van der Waals surface area contributed by atoms with E-state index in [1.807, 2.05) is 0 Å². The van der Waals surface area contributed by atoms with Crippen molar-refractivity contribution in [3.8, 4) is 33.4 Å². The van der Waals surface area contributed by atoms with Gasteiger partial charge in [0, 0.05) is 27.8 Å². The molecule has 0 saturated heterocycles. The summed E-state index contributed by atoms with van der Waals surface area (Å²) in [4.78, 5) is 2.54. The minimum absolute atomic E-state index is 0.0800. The third-order valence-corrected chi connectivity index (χ3v) is 12.0. The van der Waals surface area contributed by atoms with Gasteiger partial charge in [-0.05, 0) is 104 Å². The van der Waals surface area contributed by atoms with Gasteiger partial charge in [-0.2, -0.15) is 0 Å². The Bertz CT molecular complexity index is 2240. The van der Waals surface area contributed by atoms with Gasteiger partial charge in [0.25, 0.3) is 0 Å². The normalized spacial score (nSPS) is 16.3. The molecule has 0 heterocycles. The topological polar surface area (TPSA) is 3.24 Å². The number of rotatable bonds is 4. The molecule has 9 rings (SSSR count). The quantitative estimate of drug-likeness (QED) is 0.186. The monoisotopic (exact) mass is 635 g/mol. The lowest BCUT2D eigenvalue weighted by Crippen LogP contribution is -2.21. The Labute approximate surface area is 292 Å². The molecule has 0 radical (unpaired) electrons. The Morgan fingerprint density at radius 1 is 0.490 bits per heavy atom. The molecule has 242 valence electrons. The molecule has 0 N–H and O–H groups in total. The molecule has 1 spiro atoms. The van der Waals surface area contributed by atoms with Crippen molar-refractivity contribution in [2.45, 2.75) is 76.5 Å². The molecular weight excluding hydrogens is 591 g/mol. The second-order valence-electron chi connectivity index (χ2n) is 16.1. The highest BCUT2D eigenvalue weighted by molar-refractivity contribution is 5.92. The number of para-hydroxylation sites is 1. The Kier molecular flexibility index (Phi) is 6.66. The van der Waals surface area contributed by atoms with Gasteiger partial charge in [0.05, 0.1) is 5.69 Å². The molecule has 3 aliphatic carbocycles. The van der Waals surface area contributed by atoms with Gasteiger partial charge in [-0.25, -0.2) is 0 Å². The number of benzene rings is 6. The van der Waals surface area contributed by atoms with Gasteiger partial charge in [-0.1, -0.05) is 151 Å². The molecule has 1 nitrogen and oxygen atoms in total. The van der Waals surface area contributed by atoms with Crippen LogP contribution in [0.25, 0.3) is 33.4 Å². The highest BCUT2D eigenvalue weighted by Gasteiger charge is 2.45. The average molecular weight is 636 g/mol. The van der Waals surface area contributed by atoms with Crippen molar-refractivity contribution < 1.29 is 0 Å². The van der Waals surface area contributed by atoms with Crippen LogP contribution in [0.2, 0.25) is 0 Å². The second kappa shape index (κ2) is 10.8. The van der Waals surface area contributed by atoms with Gasteiger partial charge in [0.15, 0.2) is 0 Å². The van der Waals surface area contributed by atoms with Crippen molar-refractivity contribution in [3.05, 3.63) is 161 Å². The fourth-order valence-corrected chi connectivity index (χ4v) is 9.42. The zero-order valence-electron chi connectivity index (χ0n) is 29.5. The summed E-state index contributed by atoms with van der Waals surface area (Å²) in [5.74, 6) is 0. The maximum Gasteiger partial charge on any atom is 0.0540 e. The minimum Gasteiger partial charge on any atom is -0.310 e. The molecular formula is C48H45N. The molecule has 6 aromatic rings. The third kappa shape index (κ3) is 4.51. The Morgan fingerprint density at radius 3 is 1.65 bits per heavy atom. The molecule has 0 bridgehead atoms. The standard InChI is InChI=1S/C48H45N/c1-46(2,3)33-22-20-32(21-23-33)36-14-8-11-19-45(36)49(34-24-26-39-37-15-6-9-17-41(37)47(4,5)43(39)30-34)35-25-27-40-38-16-7-10-18-42(38)48(44(40)31-35)28-12-13-29-48/h6-11,14-27,30-31H,12-13,28-29H2,1-5H3. The van der Waals surface area contributed by atoms with Crippen molar-refractivity contribution in [2.75, 3.05) is 4.90 Å². The first-order valence-electron chi connectivity index (χ1n) is 18.2. The summed E-state index contributed by atoms with van der Waals surface area (Å²) in [7, 11) is 0. The van der Waals surface area contributed by atoms with Crippen molar-refractivity contribution in [3.63, 3.8) is 0 Å². The van der Waals surface area contributed by atoms with Crippen molar-refractivity contribution >= 4 is 17.1 Å². The third-order valence-electron chi connectivity index (χ3n) is 12.0. The van der Waals surface area contributed by atoms with E-state index >= 15 is 0 Å². The summed E-state index contributed by atoms with van der Waals surface area (Å²) in [6.45, 7) is 11.6. The molecule has 49 heavy (non-hydrogen) atoms. The number of hydrogen-bond acceptors (Lipinski definition) is 1. The first-order valence-corrected chi connectivity index (χ1v) is 18.2. The SMILES string of the molecule is CC(C)(C)c1ccc(-c2ccccc2N(c2ccc3c(c2)C(C)(C)c2ccccc2-3)c2ccc3c(c2)C2(CCCC2)c2ccccc2-3)cc1. The molecule has 1 saturated carbocycles. The van der Waals surface area contributed by atoms with E-state index in [-0.39, 0.29) is 16.2 Å². The van der Waals surface area contributed by atoms with E-state index in [2.05, 4.69) is 173 Å². The predicted octanol–water partition coefficient (Wildman–Crippen LogP) is 13.3. The van der Waals surface area contributed by atoms with Gasteiger partial charge in [-0.3, -0.25) is 0 Å². The van der Waals surface area contributed by atoms with E-state index in [4.69, 9.17) is 0 Å². The van der Waals surface area contributed by atoms with E-state index in [9.17, 15) is 0 Å². The summed E-state index contributed by atoms with van der Waals surface area (Å²) < 4.78 is 0. The van der Waals surface area contributed by atoms with Crippen LogP contribution in [0.4, 0.5) is 17.1 Å². The fraction of sp³-hybridized carbons (Fsp3) is 0.250. The van der Waals surface area contributed by atoms with Crippen LogP contribution in [0.5, 0.6) is 0 Å². The molecule has 0 unspecified atom stereocenters. The molecule has 3 aliphatic rings. The van der Waals surface area contributed by atoms with Crippen molar-refractivity contribution in [1.29, 1.82) is 0 Å². The molecule has 6 aromatic carbocycles. The smallest absolute Gasteiger partial charge is 0.0540 e. The highest BCUT2D eigenvalue weighted by Crippen LogP contribution is 2.58. The van der Waals surface area contributed by atoms with Crippen LogP contribution in [-0.4, -0.2) is 0 Å². The highest BCUT2D eigenvalue weighted by atomic mass is 15.1. The number of fused-ring (bicyclic) bond motifs is 8. The predicted molar refractivity (Wildman–Crippen MR) is 208 cm³/mol. The van der Waals surface area contributed by atoms with Gasteiger partial charge < -0.3 is 4.90 Å². The molecule has 1 fully saturated rings. The second-order valence-corrected chi connectivity index (χ2v) is 16.1. The lowest BCUT2D eigenvalue weighted by molar-refractivity contribution is 0.550. The average Bonchev–Trinajstić information content (AvgIpc) is 3.78. The lowest BCUT2D eigenvalue weighted by atomic mass is 9.76. The van der Waals surface area contributed by atoms with Crippen LogP contribution in [0, 0.1) is 0 Å². The zero-order valence-corrected chi connectivity index (χ0v) is 29.5. The van der Waals surface area contributed by atoms with Gasteiger partial charge in [0.2, 0.25) is 0 Å². The maximum atomic E-state index is 2.55. The van der Waals surface area contributed by atoms with Crippen LogP contribution >= 0.6 is 0 Å². The molecule has 1 heteroatoms. The van der Waals surface area contributed by atoms with Crippen LogP contribution < -0.4 is 4.90 Å². The molecule has 0 aromatic heterocycles. The van der Waals surface area contributed by atoms with Crippen molar-refractivity contribution in [1.82, 2.24) is 0 Å².